The first-order chi connectivity index (χ1) is 9.69. The fraction of sp³-hybridized carbons (Fsp3) is 0.167. The van der Waals surface area contributed by atoms with E-state index < -0.39 is 0 Å². The maximum Gasteiger partial charge on any atom is 0.212 e. The molecule has 0 unspecified atom stereocenters. The molecule has 8 heteroatoms. The van der Waals surface area contributed by atoms with Crippen LogP contribution in [-0.4, -0.2) is 25.5 Å². The highest BCUT2D eigenvalue weighted by atomic mass is 32.2. The summed E-state index contributed by atoms with van der Waals surface area (Å²) in [5.74, 6) is 0.600. The van der Waals surface area contributed by atoms with Crippen LogP contribution >= 0.6 is 11.8 Å². The molecule has 0 saturated heterocycles. The second-order valence-electron chi connectivity index (χ2n) is 4.16. The molecule has 1 atom stereocenters. The molecule has 0 bridgehead atoms. The lowest BCUT2D eigenvalue weighted by Crippen LogP contribution is -2.17. The molecular weight excluding hydrogens is 278 g/mol. The fourth-order valence-electron chi connectivity index (χ4n) is 1.94. The van der Waals surface area contributed by atoms with Crippen LogP contribution in [-0.2, 0) is 0 Å². The molecule has 0 fully saturated rings. The summed E-state index contributed by atoms with van der Waals surface area (Å²) < 4.78 is 1.78. The summed E-state index contributed by atoms with van der Waals surface area (Å²) in [5, 5.41) is 28.8. The minimum Gasteiger partial charge on any atom is -0.733 e. The third-order valence-corrected chi connectivity index (χ3v) is 3.81. The van der Waals surface area contributed by atoms with Crippen LogP contribution < -0.4 is 10.7 Å². The minimum atomic E-state index is -0.171. The van der Waals surface area contributed by atoms with Gasteiger partial charge in [-0.15, -0.1) is 10.2 Å². The van der Waals surface area contributed by atoms with Gasteiger partial charge in [-0.2, -0.15) is 0 Å². The standard InChI is InChI=1S/C12H12N5O2S/c1-2-4-10-15-16-11(13-14-12(16)20-10)8-5-3-6-9(7-8)17(18)19/h2-7,10,15,18H,1H3/q-1/t10-/m1/s1. The van der Waals surface area contributed by atoms with E-state index in [-0.39, 0.29) is 16.3 Å². The van der Waals surface area contributed by atoms with E-state index in [1.807, 2.05) is 19.1 Å². The smallest absolute Gasteiger partial charge is 0.212 e. The van der Waals surface area contributed by atoms with Crippen LogP contribution in [0.25, 0.3) is 11.4 Å². The molecule has 2 aromatic rings. The summed E-state index contributed by atoms with van der Waals surface area (Å²) in [7, 11) is 0. The zero-order valence-corrected chi connectivity index (χ0v) is 11.4. The van der Waals surface area contributed by atoms with Crippen LogP contribution in [0.2, 0.25) is 0 Å². The van der Waals surface area contributed by atoms with Crippen molar-refractivity contribution in [1.82, 2.24) is 14.9 Å². The molecule has 1 aliphatic rings. The van der Waals surface area contributed by atoms with E-state index in [1.54, 1.807) is 34.6 Å². The van der Waals surface area contributed by atoms with Crippen molar-refractivity contribution in [2.75, 3.05) is 10.7 Å². The second kappa shape index (κ2) is 5.16. The number of hydrogen-bond donors (Lipinski definition) is 2. The van der Waals surface area contributed by atoms with Gasteiger partial charge < -0.3 is 15.9 Å². The Labute approximate surface area is 119 Å². The van der Waals surface area contributed by atoms with E-state index in [2.05, 4.69) is 15.6 Å². The van der Waals surface area contributed by atoms with Crippen molar-refractivity contribution >= 4 is 17.4 Å². The third kappa shape index (κ3) is 2.24. The predicted molar refractivity (Wildman–Crippen MR) is 76.9 cm³/mol. The summed E-state index contributed by atoms with van der Waals surface area (Å²) in [6, 6.07) is 6.56. The largest absolute Gasteiger partial charge is 0.733 e. The lowest BCUT2D eigenvalue weighted by atomic mass is 10.2. The Balaban J connectivity index is 1.96. The predicted octanol–water partition coefficient (Wildman–Crippen LogP) is 2.19. The maximum atomic E-state index is 10.9. The Bertz CT molecular complexity index is 655. The van der Waals surface area contributed by atoms with Crippen molar-refractivity contribution < 1.29 is 5.21 Å². The molecule has 3 rings (SSSR count). The van der Waals surface area contributed by atoms with Crippen molar-refractivity contribution in [2.24, 2.45) is 0 Å². The summed E-state index contributed by atoms with van der Waals surface area (Å²) in [6.07, 6.45) is 3.98. The molecule has 2 heterocycles. The number of nitrogens with one attached hydrogen (secondary N) is 1. The fourth-order valence-corrected chi connectivity index (χ4v) is 2.89. The Kier molecular flexibility index (Phi) is 3.35. The van der Waals surface area contributed by atoms with Crippen LogP contribution in [0.5, 0.6) is 0 Å². The molecule has 20 heavy (non-hydrogen) atoms. The van der Waals surface area contributed by atoms with Crippen LogP contribution in [0.15, 0.2) is 41.6 Å². The van der Waals surface area contributed by atoms with Gasteiger partial charge in [0.1, 0.15) is 5.37 Å². The molecule has 1 aromatic heterocycles. The molecule has 7 nitrogen and oxygen atoms in total. The van der Waals surface area contributed by atoms with Crippen molar-refractivity contribution in [2.45, 2.75) is 17.5 Å². The molecule has 1 aromatic carbocycles. The Morgan fingerprint density at radius 2 is 2.35 bits per heavy atom. The number of aromatic nitrogens is 3. The summed E-state index contributed by atoms with van der Waals surface area (Å²) in [4.78, 5) is 0. The lowest BCUT2D eigenvalue weighted by Gasteiger charge is -2.21. The number of rotatable bonds is 3. The molecule has 0 radical (unpaired) electrons. The molecule has 0 aliphatic carbocycles. The van der Waals surface area contributed by atoms with E-state index in [1.165, 1.54) is 6.07 Å². The van der Waals surface area contributed by atoms with Gasteiger partial charge in [0.15, 0.2) is 5.82 Å². The molecule has 0 spiro atoms. The number of benzene rings is 1. The van der Waals surface area contributed by atoms with Crippen molar-refractivity contribution in [3.8, 4) is 11.4 Å². The zero-order chi connectivity index (χ0) is 14.1. The molecule has 1 aliphatic heterocycles. The third-order valence-electron chi connectivity index (χ3n) is 2.81. The number of allylic oxidation sites excluding steroid dienone is 1. The summed E-state index contributed by atoms with van der Waals surface area (Å²) in [5.41, 5.74) is 4.09. The second-order valence-corrected chi connectivity index (χ2v) is 5.27. The van der Waals surface area contributed by atoms with Gasteiger partial charge in [-0.05, 0) is 19.1 Å². The van der Waals surface area contributed by atoms with E-state index in [0.29, 0.717) is 11.4 Å². The van der Waals surface area contributed by atoms with Gasteiger partial charge in [0.2, 0.25) is 5.16 Å². The van der Waals surface area contributed by atoms with Crippen LogP contribution in [0.3, 0.4) is 0 Å². The first kappa shape index (κ1) is 13.0. The van der Waals surface area contributed by atoms with Crippen molar-refractivity contribution in [1.29, 1.82) is 0 Å². The van der Waals surface area contributed by atoms with E-state index in [9.17, 15) is 5.21 Å². The average molecular weight is 290 g/mol. The highest BCUT2D eigenvalue weighted by Crippen LogP contribution is 2.32. The highest BCUT2D eigenvalue weighted by Gasteiger charge is 2.25. The Hall–Kier alpha value is -2.03. The number of nitrogens with zero attached hydrogens (tertiary/aromatic N) is 4. The zero-order valence-electron chi connectivity index (χ0n) is 10.6. The average Bonchev–Trinajstić information content (AvgIpc) is 2.99. The van der Waals surface area contributed by atoms with Crippen molar-refractivity contribution in [3.05, 3.63) is 41.6 Å². The monoisotopic (exact) mass is 290 g/mol. The molecular formula is C12H12N5O2S-. The number of thioether (sulfide) groups is 1. The number of hydrogen-bond acceptors (Lipinski definition) is 7. The van der Waals surface area contributed by atoms with Crippen LogP contribution in [0.4, 0.5) is 5.69 Å². The molecule has 104 valence electrons. The van der Waals surface area contributed by atoms with E-state index in [4.69, 9.17) is 5.21 Å². The van der Waals surface area contributed by atoms with Gasteiger partial charge in [-0.3, -0.25) is 5.21 Å². The first-order valence-corrected chi connectivity index (χ1v) is 6.85. The molecule has 0 amide bonds. The van der Waals surface area contributed by atoms with Crippen molar-refractivity contribution in [3.63, 3.8) is 0 Å². The molecule has 0 saturated carbocycles. The molecule has 2 N–H and O–H groups in total. The van der Waals surface area contributed by atoms with Crippen LogP contribution in [0, 0.1) is 5.21 Å². The van der Waals surface area contributed by atoms with E-state index >= 15 is 0 Å². The van der Waals surface area contributed by atoms with E-state index in [0.717, 1.165) is 5.16 Å². The lowest BCUT2D eigenvalue weighted by molar-refractivity contribution is 0.296. The van der Waals surface area contributed by atoms with Gasteiger partial charge in [0.05, 0.1) is 5.69 Å². The highest BCUT2D eigenvalue weighted by molar-refractivity contribution is 8.00. The minimum absolute atomic E-state index is 0.112. The Morgan fingerprint density at radius 3 is 3.10 bits per heavy atom. The normalized spacial score (nSPS) is 17.2. The maximum absolute atomic E-state index is 10.9. The SMILES string of the molecule is CC=C[C@@H]1Nn2c(nnc2-c2cccc(N([O-])O)c2)S1. The van der Waals surface area contributed by atoms with Gasteiger partial charge in [-0.25, -0.2) is 4.68 Å². The Morgan fingerprint density at radius 1 is 1.50 bits per heavy atom. The topological polar surface area (TPSA) is 89.3 Å². The van der Waals surface area contributed by atoms with Crippen LogP contribution in [0.1, 0.15) is 6.92 Å². The number of anilines is 1. The first-order valence-electron chi connectivity index (χ1n) is 5.97. The quantitative estimate of drug-likeness (QED) is 0.661. The summed E-state index contributed by atoms with van der Waals surface area (Å²) >= 11 is 1.56. The van der Waals surface area contributed by atoms with Gasteiger partial charge in [0.25, 0.3) is 0 Å². The summed E-state index contributed by atoms with van der Waals surface area (Å²) in [6.45, 7) is 1.95. The van der Waals surface area contributed by atoms with Gasteiger partial charge in [0, 0.05) is 5.56 Å². The van der Waals surface area contributed by atoms with Gasteiger partial charge >= 0.3 is 0 Å². The number of fused-ring (bicyclic) bond motifs is 1. The van der Waals surface area contributed by atoms with Gasteiger partial charge in [-0.1, -0.05) is 36.0 Å².